The van der Waals surface area contributed by atoms with E-state index < -0.39 is 0 Å². The molecule has 0 aliphatic carbocycles. The first-order valence-corrected chi connectivity index (χ1v) is 7.63. The summed E-state index contributed by atoms with van der Waals surface area (Å²) in [5.74, 6) is 0.694. The SMILES string of the molecule is CCCOc1ccccc1NC(=O)N1CCOC(COC)C1. The first-order valence-electron chi connectivity index (χ1n) is 7.63. The number of ether oxygens (including phenoxy) is 3. The van der Waals surface area contributed by atoms with Gasteiger partial charge in [0.25, 0.3) is 0 Å². The average Bonchev–Trinajstić information content (AvgIpc) is 2.54. The Kier molecular flexibility index (Phi) is 6.48. The molecule has 1 aliphatic rings. The Morgan fingerprint density at radius 1 is 1.45 bits per heavy atom. The van der Waals surface area contributed by atoms with Crippen LogP contribution in [0.3, 0.4) is 0 Å². The van der Waals surface area contributed by atoms with E-state index in [0.717, 1.165) is 6.42 Å². The third-order valence-electron chi connectivity index (χ3n) is 3.37. The molecule has 0 bridgehead atoms. The molecule has 2 rings (SSSR count). The maximum atomic E-state index is 12.4. The molecule has 1 fully saturated rings. The number of urea groups is 1. The fraction of sp³-hybridized carbons (Fsp3) is 0.562. The minimum absolute atomic E-state index is 0.0731. The molecule has 1 aliphatic heterocycles. The van der Waals surface area contributed by atoms with Crippen LogP contribution in [0.25, 0.3) is 0 Å². The topological polar surface area (TPSA) is 60.0 Å². The van der Waals surface area contributed by atoms with Gasteiger partial charge >= 0.3 is 6.03 Å². The van der Waals surface area contributed by atoms with Gasteiger partial charge in [0.15, 0.2) is 0 Å². The Balaban J connectivity index is 1.96. The van der Waals surface area contributed by atoms with Crippen LogP contribution >= 0.6 is 0 Å². The van der Waals surface area contributed by atoms with Crippen molar-refractivity contribution in [3.63, 3.8) is 0 Å². The van der Waals surface area contributed by atoms with E-state index in [0.29, 0.717) is 44.3 Å². The van der Waals surface area contributed by atoms with Crippen molar-refractivity contribution in [3.05, 3.63) is 24.3 Å². The van der Waals surface area contributed by atoms with Crippen molar-refractivity contribution in [3.8, 4) is 5.75 Å². The molecule has 22 heavy (non-hydrogen) atoms. The number of benzene rings is 1. The zero-order valence-electron chi connectivity index (χ0n) is 13.2. The van der Waals surface area contributed by atoms with Gasteiger partial charge in [-0.3, -0.25) is 0 Å². The van der Waals surface area contributed by atoms with Gasteiger partial charge in [-0.15, -0.1) is 0 Å². The molecule has 6 nitrogen and oxygen atoms in total. The highest BCUT2D eigenvalue weighted by molar-refractivity contribution is 5.91. The number of anilines is 1. The molecule has 1 atom stereocenters. The van der Waals surface area contributed by atoms with E-state index in [9.17, 15) is 4.79 Å². The Morgan fingerprint density at radius 2 is 2.27 bits per heavy atom. The van der Waals surface area contributed by atoms with Gasteiger partial charge in [-0.05, 0) is 18.6 Å². The number of rotatable bonds is 6. The zero-order valence-corrected chi connectivity index (χ0v) is 13.2. The van der Waals surface area contributed by atoms with E-state index in [2.05, 4.69) is 5.32 Å². The molecule has 1 aromatic rings. The van der Waals surface area contributed by atoms with Crippen molar-refractivity contribution in [2.45, 2.75) is 19.4 Å². The highest BCUT2D eigenvalue weighted by Gasteiger charge is 2.24. The maximum absolute atomic E-state index is 12.4. The number of hydrogen-bond acceptors (Lipinski definition) is 4. The highest BCUT2D eigenvalue weighted by atomic mass is 16.5. The van der Waals surface area contributed by atoms with E-state index in [4.69, 9.17) is 14.2 Å². The predicted molar refractivity (Wildman–Crippen MR) is 84.4 cm³/mol. The Labute approximate surface area is 131 Å². The summed E-state index contributed by atoms with van der Waals surface area (Å²) < 4.78 is 16.3. The minimum atomic E-state index is -0.142. The molecular formula is C16H24N2O4. The van der Waals surface area contributed by atoms with Gasteiger partial charge in [-0.1, -0.05) is 19.1 Å². The lowest BCUT2D eigenvalue weighted by Gasteiger charge is -2.32. The summed E-state index contributed by atoms with van der Waals surface area (Å²) in [7, 11) is 1.63. The van der Waals surface area contributed by atoms with Crippen LogP contribution in [0.15, 0.2) is 24.3 Å². The first kappa shape index (κ1) is 16.6. The largest absolute Gasteiger partial charge is 0.491 e. The number of para-hydroxylation sites is 2. The quantitative estimate of drug-likeness (QED) is 0.876. The number of amides is 2. The van der Waals surface area contributed by atoms with Crippen molar-refractivity contribution < 1.29 is 19.0 Å². The van der Waals surface area contributed by atoms with Crippen LogP contribution in [-0.2, 0) is 9.47 Å². The number of methoxy groups -OCH3 is 1. The summed E-state index contributed by atoms with van der Waals surface area (Å²) in [5, 5.41) is 2.92. The Hall–Kier alpha value is -1.79. The molecule has 0 spiro atoms. The summed E-state index contributed by atoms with van der Waals surface area (Å²) in [4.78, 5) is 14.1. The highest BCUT2D eigenvalue weighted by Crippen LogP contribution is 2.24. The summed E-state index contributed by atoms with van der Waals surface area (Å²) in [6.45, 7) is 4.78. The fourth-order valence-corrected chi connectivity index (χ4v) is 2.29. The van der Waals surface area contributed by atoms with Crippen molar-refractivity contribution in [1.82, 2.24) is 4.90 Å². The van der Waals surface area contributed by atoms with Crippen molar-refractivity contribution in [2.24, 2.45) is 0 Å². The molecule has 1 saturated heterocycles. The molecule has 0 radical (unpaired) electrons. The maximum Gasteiger partial charge on any atom is 0.322 e. The number of morpholine rings is 1. The fourth-order valence-electron chi connectivity index (χ4n) is 2.29. The predicted octanol–water partition coefficient (Wildman–Crippen LogP) is 2.35. The van der Waals surface area contributed by atoms with Crippen LogP contribution in [0, 0.1) is 0 Å². The monoisotopic (exact) mass is 308 g/mol. The van der Waals surface area contributed by atoms with Crippen molar-refractivity contribution in [1.29, 1.82) is 0 Å². The van der Waals surface area contributed by atoms with Gasteiger partial charge in [0.1, 0.15) is 5.75 Å². The Bertz CT molecular complexity index is 479. The van der Waals surface area contributed by atoms with Crippen molar-refractivity contribution >= 4 is 11.7 Å². The molecule has 1 unspecified atom stereocenters. The van der Waals surface area contributed by atoms with Crippen LogP contribution in [0.5, 0.6) is 5.75 Å². The van der Waals surface area contributed by atoms with Crippen molar-refractivity contribution in [2.75, 3.05) is 45.3 Å². The van der Waals surface area contributed by atoms with E-state index in [1.54, 1.807) is 12.0 Å². The van der Waals surface area contributed by atoms with Crippen LogP contribution in [0.2, 0.25) is 0 Å². The smallest absolute Gasteiger partial charge is 0.322 e. The van der Waals surface area contributed by atoms with Gasteiger partial charge in [0.2, 0.25) is 0 Å². The first-order chi connectivity index (χ1) is 10.7. The molecule has 122 valence electrons. The summed E-state index contributed by atoms with van der Waals surface area (Å²) in [6.07, 6.45) is 0.848. The van der Waals surface area contributed by atoms with E-state index in [1.807, 2.05) is 31.2 Å². The van der Waals surface area contributed by atoms with E-state index in [-0.39, 0.29) is 12.1 Å². The van der Waals surface area contributed by atoms with Gasteiger partial charge in [-0.25, -0.2) is 4.79 Å². The van der Waals surface area contributed by atoms with Gasteiger partial charge in [-0.2, -0.15) is 0 Å². The van der Waals surface area contributed by atoms with Crippen LogP contribution < -0.4 is 10.1 Å². The minimum Gasteiger partial charge on any atom is -0.491 e. The summed E-state index contributed by atoms with van der Waals surface area (Å²) in [6, 6.07) is 7.33. The van der Waals surface area contributed by atoms with E-state index in [1.165, 1.54) is 0 Å². The normalized spacial score (nSPS) is 18.1. The lowest BCUT2D eigenvalue weighted by molar-refractivity contribution is -0.0481. The van der Waals surface area contributed by atoms with Crippen LogP contribution in [-0.4, -0.2) is 57.1 Å². The zero-order chi connectivity index (χ0) is 15.8. The van der Waals surface area contributed by atoms with Gasteiger partial charge < -0.3 is 24.4 Å². The molecule has 2 amide bonds. The molecule has 6 heteroatoms. The molecule has 1 heterocycles. The average molecular weight is 308 g/mol. The number of carbonyl (C=O) groups is 1. The lowest BCUT2D eigenvalue weighted by Crippen LogP contribution is -2.48. The number of nitrogens with one attached hydrogen (secondary N) is 1. The van der Waals surface area contributed by atoms with Gasteiger partial charge in [0.05, 0.1) is 38.2 Å². The number of hydrogen-bond donors (Lipinski definition) is 1. The number of carbonyl (C=O) groups excluding carboxylic acids is 1. The molecule has 0 saturated carbocycles. The molecule has 0 aromatic heterocycles. The summed E-state index contributed by atoms with van der Waals surface area (Å²) in [5.41, 5.74) is 0.690. The lowest BCUT2D eigenvalue weighted by atomic mass is 10.2. The third-order valence-corrected chi connectivity index (χ3v) is 3.37. The van der Waals surface area contributed by atoms with Gasteiger partial charge in [0, 0.05) is 13.7 Å². The molecular weight excluding hydrogens is 284 g/mol. The van der Waals surface area contributed by atoms with E-state index >= 15 is 0 Å². The van der Waals surface area contributed by atoms with Crippen LogP contribution in [0.4, 0.5) is 10.5 Å². The summed E-state index contributed by atoms with van der Waals surface area (Å²) >= 11 is 0. The second kappa shape index (κ2) is 8.60. The van der Waals surface area contributed by atoms with Crippen LogP contribution in [0.1, 0.15) is 13.3 Å². The second-order valence-corrected chi connectivity index (χ2v) is 5.17. The molecule has 1 aromatic carbocycles. The number of nitrogens with zero attached hydrogens (tertiary/aromatic N) is 1. The second-order valence-electron chi connectivity index (χ2n) is 5.17. The third kappa shape index (κ3) is 4.61. The standard InChI is InChI=1S/C16H24N2O4/c1-3-9-22-15-7-5-4-6-14(15)17-16(19)18-8-10-21-13(11-18)12-20-2/h4-7,13H,3,8-12H2,1-2H3,(H,17,19). The molecule has 1 N–H and O–H groups in total. The Morgan fingerprint density at radius 3 is 3.05 bits per heavy atom.